The summed E-state index contributed by atoms with van der Waals surface area (Å²) >= 11 is 0. The van der Waals surface area contributed by atoms with Gasteiger partial charge in [0, 0.05) is 5.39 Å². The Kier molecular flexibility index (Phi) is 2.55. The second kappa shape index (κ2) is 4.45. The zero-order chi connectivity index (χ0) is 16.5. The Balaban J connectivity index is 1.64. The molecule has 1 N–H and O–H groups in total. The van der Waals surface area contributed by atoms with E-state index >= 15 is 0 Å². The van der Waals surface area contributed by atoms with Crippen molar-refractivity contribution in [2.75, 3.05) is 11.4 Å². The molecule has 0 aromatic heterocycles. The molecule has 2 bridgehead atoms. The van der Waals surface area contributed by atoms with Crippen LogP contribution in [0.15, 0.2) is 54.6 Å². The van der Waals surface area contributed by atoms with Crippen molar-refractivity contribution < 1.29 is 19.4 Å². The predicted molar refractivity (Wildman–Crippen MR) is 87.7 cm³/mol. The third kappa shape index (κ3) is 1.57. The summed E-state index contributed by atoms with van der Waals surface area (Å²) < 4.78 is 5.94. The first kappa shape index (κ1) is 13.7. The number of ether oxygens (including phenoxy) is 1. The smallest absolute Gasteiger partial charge is 0.310 e. The number of carbonyl (C=O) groups excluding carboxylic acids is 1. The summed E-state index contributed by atoms with van der Waals surface area (Å²) in [6.07, 6.45) is 3.17. The first-order chi connectivity index (χ1) is 11.6. The number of anilines is 1. The van der Waals surface area contributed by atoms with Crippen molar-refractivity contribution in [1.82, 2.24) is 0 Å². The van der Waals surface area contributed by atoms with E-state index in [0.717, 1.165) is 16.5 Å². The van der Waals surface area contributed by atoms with Gasteiger partial charge >= 0.3 is 5.97 Å². The van der Waals surface area contributed by atoms with Gasteiger partial charge in [-0.25, -0.2) is 0 Å². The lowest BCUT2D eigenvalue weighted by molar-refractivity contribution is -0.146. The fraction of sp³-hybridized carbons (Fsp3) is 0.263. The van der Waals surface area contributed by atoms with Gasteiger partial charge in [-0.05, 0) is 11.5 Å². The van der Waals surface area contributed by atoms with Crippen LogP contribution >= 0.6 is 0 Å². The number of nitrogens with zero attached hydrogens (tertiary/aromatic N) is 1. The molecule has 1 amide bonds. The fourth-order valence-electron chi connectivity index (χ4n) is 4.43. The zero-order valence-corrected chi connectivity index (χ0v) is 12.8. The number of amides is 1. The van der Waals surface area contributed by atoms with Crippen LogP contribution in [0.3, 0.4) is 0 Å². The van der Waals surface area contributed by atoms with E-state index in [2.05, 4.69) is 0 Å². The second-order valence-corrected chi connectivity index (χ2v) is 6.66. The number of carboxylic acids is 1. The maximum absolute atomic E-state index is 13.1. The minimum Gasteiger partial charge on any atom is -0.481 e. The van der Waals surface area contributed by atoms with E-state index in [-0.39, 0.29) is 5.91 Å². The van der Waals surface area contributed by atoms with Crippen LogP contribution in [0.4, 0.5) is 5.69 Å². The number of aliphatic carboxylic acids is 1. The molecule has 2 aromatic rings. The maximum Gasteiger partial charge on any atom is 0.310 e. The third-order valence-corrected chi connectivity index (χ3v) is 5.44. The average molecular weight is 321 g/mol. The molecule has 120 valence electrons. The van der Waals surface area contributed by atoms with E-state index < -0.39 is 29.5 Å². The predicted octanol–water partition coefficient (Wildman–Crippen LogP) is 2.21. The molecular formula is C19H15NO4. The number of hydrogen-bond donors (Lipinski definition) is 1. The lowest BCUT2D eigenvalue weighted by Gasteiger charge is -2.22. The van der Waals surface area contributed by atoms with Crippen LogP contribution in [0.25, 0.3) is 10.8 Å². The highest BCUT2D eigenvalue weighted by Gasteiger charge is 2.67. The zero-order valence-electron chi connectivity index (χ0n) is 12.8. The minimum absolute atomic E-state index is 0.161. The molecule has 4 atom stereocenters. The molecular weight excluding hydrogens is 306 g/mol. The summed E-state index contributed by atoms with van der Waals surface area (Å²) in [6, 6.07) is 13.7. The lowest BCUT2D eigenvalue weighted by Crippen LogP contribution is -2.39. The molecule has 24 heavy (non-hydrogen) atoms. The molecule has 2 saturated heterocycles. The van der Waals surface area contributed by atoms with Gasteiger partial charge in [0.15, 0.2) is 0 Å². The number of fused-ring (bicyclic) bond motifs is 2. The number of hydrogen-bond acceptors (Lipinski definition) is 3. The Hall–Kier alpha value is -2.66. The topological polar surface area (TPSA) is 66.8 Å². The highest BCUT2D eigenvalue weighted by Crippen LogP contribution is 2.53. The Bertz CT molecular complexity index is 915. The third-order valence-electron chi connectivity index (χ3n) is 5.44. The Morgan fingerprint density at radius 3 is 2.83 bits per heavy atom. The van der Waals surface area contributed by atoms with Crippen molar-refractivity contribution in [3.05, 3.63) is 54.6 Å². The SMILES string of the molecule is O=C(O)[C@H]1[C@H]2C=C[C@@]3(CN(c4cccc5ccccc45)C(=O)[C@@H]13)O2. The summed E-state index contributed by atoms with van der Waals surface area (Å²) in [5.74, 6) is -2.58. The summed E-state index contributed by atoms with van der Waals surface area (Å²) in [7, 11) is 0. The van der Waals surface area contributed by atoms with Crippen LogP contribution in [0.2, 0.25) is 0 Å². The normalized spacial score (nSPS) is 33.4. The van der Waals surface area contributed by atoms with Gasteiger partial charge in [0.25, 0.3) is 0 Å². The van der Waals surface area contributed by atoms with Crippen LogP contribution in [-0.2, 0) is 14.3 Å². The van der Waals surface area contributed by atoms with Crippen LogP contribution in [0.5, 0.6) is 0 Å². The highest BCUT2D eigenvalue weighted by atomic mass is 16.5. The van der Waals surface area contributed by atoms with Crippen molar-refractivity contribution in [2.24, 2.45) is 11.8 Å². The van der Waals surface area contributed by atoms with Crippen LogP contribution in [0.1, 0.15) is 0 Å². The maximum atomic E-state index is 13.1. The van der Waals surface area contributed by atoms with E-state index in [1.165, 1.54) is 0 Å². The van der Waals surface area contributed by atoms with E-state index in [4.69, 9.17) is 4.74 Å². The highest BCUT2D eigenvalue weighted by molar-refractivity contribution is 6.08. The van der Waals surface area contributed by atoms with Gasteiger partial charge in [0.1, 0.15) is 11.5 Å². The molecule has 3 aliphatic rings. The number of carbonyl (C=O) groups is 2. The second-order valence-electron chi connectivity index (χ2n) is 6.66. The van der Waals surface area contributed by atoms with Crippen LogP contribution in [0, 0.1) is 11.8 Å². The first-order valence-electron chi connectivity index (χ1n) is 8.00. The van der Waals surface area contributed by atoms with Gasteiger partial charge in [-0.3, -0.25) is 9.59 Å². The van der Waals surface area contributed by atoms with Crippen molar-refractivity contribution in [2.45, 2.75) is 11.7 Å². The molecule has 5 heteroatoms. The number of benzene rings is 2. The van der Waals surface area contributed by atoms with Gasteiger partial charge in [-0.2, -0.15) is 0 Å². The van der Waals surface area contributed by atoms with E-state index in [1.54, 1.807) is 11.0 Å². The van der Waals surface area contributed by atoms with Crippen molar-refractivity contribution in [1.29, 1.82) is 0 Å². The van der Waals surface area contributed by atoms with Crippen molar-refractivity contribution in [3.8, 4) is 0 Å². The molecule has 0 radical (unpaired) electrons. The molecule has 2 aromatic carbocycles. The Morgan fingerprint density at radius 1 is 1.21 bits per heavy atom. The van der Waals surface area contributed by atoms with E-state index in [1.807, 2.05) is 48.5 Å². The van der Waals surface area contributed by atoms with Crippen LogP contribution in [-0.4, -0.2) is 35.2 Å². The lowest BCUT2D eigenvalue weighted by atomic mass is 9.77. The molecule has 0 saturated carbocycles. The van der Waals surface area contributed by atoms with E-state index in [9.17, 15) is 14.7 Å². The molecule has 3 aliphatic heterocycles. The van der Waals surface area contributed by atoms with Gasteiger partial charge in [0.2, 0.25) is 5.91 Å². The molecule has 1 spiro atoms. The summed E-state index contributed by atoms with van der Waals surface area (Å²) in [4.78, 5) is 26.4. The largest absolute Gasteiger partial charge is 0.481 e. The Labute approximate surface area is 138 Å². The summed E-state index contributed by atoms with van der Waals surface area (Å²) in [5.41, 5.74) is 0.00772. The number of rotatable bonds is 2. The molecule has 0 aliphatic carbocycles. The molecule has 5 nitrogen and oxygen atoms in total. The van der Waals surface area contributed by atoms with Gasteiger partial charge in [0.05, 0.1) is 24.3 Å². The Morgan fingerprint density at radius 2 is 2.00 bits per heavy atom. The monoisotopic (exact) mass is 321 g/mol. The van der Waals surface area contributed by atoms with Crippen LogP contribution < -0.4 is 4.90 Å². The minimum atomic E-state index is -0.968. The molecule has 3 heterocycles. The van der Waals surface area contributed by atoms with Gasteiger partial charge in [-0.15, -0.1) is 0 Å². The summed E-state index contributed by atoms with van der Waals surface area (Å²) in [5, 5.41) is 11.6. The quantitative estimate of drug-likeness (QED) is 0.861. The van der Waals surface area contributed by atoms with Gasteiger partial charge in [-0.1, -0.05) is 48.6 Å². The summed E-state index contributed by atoms with van der Waals surface area (Å²) in [6.45, 7) is 0.362. The molecule has 2 fully saturated rings. The average Bonchev–Trinajstić information content (AvgIpc) is 3.22. The molecule has 0 unspecified atom stereocenters. The number of carboxylic acid groups (broad SMARTS) is 1. The fourth-order valence-corrected chi connectivity index (χ4v) is 4.43. The first-order valence-corrected chi connectivity index (χ1v) is 8.00. The van der Waals surface area contributed by atoms with Gasteiger partial charge < -0.3 is 14.7 Å². The van der Waals surface area contributed by atoms with Crippen molar-refractivity contribution >= 4 is 28.3 Å². The molecule has 5 rings (SSSR count). The standard InChI is InChI=1S/C19H15NO4/c21-17-16-15(18(22)23)14-8-9-19(16,24-14)10-20(17)13-7-3-5-11-4-1-2-6-12(11)13/h1-9,14-16H,10H2,(H,22,23)/t14-,15+,16-,19+/m1/s1. The van der Waals surface area contributed by atoms with Crippen molar-refractivity contribution in [3.63, 3.8) is 0 Å². The van der Waals surface area contributed by atoms with E-state index in [0.29, 0.717) is 6.54 Å².